The van der Waals surface area contributed by atoms with Crippen LogP contribution in [0.3, 0.4) is 0 Å². The number of aromatic nitrogens is 1. The number of nitrogens with one attached hydrogen (secondary N) is 1. The van der Waals surface area contributed by atoms with Gasteiger partial charge in [0.1, 0.15) is 0 Å². The van der Waals surface area contributed by atoms with Crippen LogP contribution in [0.4, 0.5) is 18.9 Å². The van der Waals surface area contributed by atoms with Crippen LogP contribution < -0.4 is 10.9 Å². The van der Waals surface area contributed by atoms with Gasteiger partial charge >= 0.3 is 6.18 Å². The van der Waals surface area contributed by atoms with Crippen molar-refractivity contribution in [3.05, 3.63) is 59.0 Å². The summed E-state index contributed by atoms with van der Waals surface area (Å²) in [5.74, 6) is -0.415. The molecule has 4 nitrogen and oxygen atoms in total. The van der Waals surface area contributed by atoms with E-state index in [4.69, 9.17) is 11.6 Å². The molecular formula is C16H14ClF3N2O2S. The van der Waals surface area contributed by atoms with E-state index in [1.54, 1.807) is 30.5 Å². The van der Waals surface area contributed by atoms with Crippen LogP contribution in [0.15, 0.2) is 58.4 Å². The number of aryl methyl sites for hydroxylation is 1. The third-order valence-corrected chi connectivity index (χ3v) is 4.73. The van der Waals surface area contributed by atoms with Gasteiger partial charge in [-0.25, -0.2) is 0 Å². The van der Waals surface area contributed by atoms with E-state index >= 15 is 0 Å². The van der Waals surface area contributed by atoms with Crippen LogP contribution in [0.1, 0.15) is 6.42 Å². The second-order valence-electron chi connectivity index (χ2n) is 5.00. The zero-order chi connectivity index (χ0) is 18.4. The standard InChI is InChI=1S/C16H14ClF3N2O2S/c17-15(16(18,19)20)25-12-6-2-1-5-11(12)21-13(23)8-10-22-9-4-3-7-14(22)24/h1-7,9,15H,8,10H2,(H,21,23). The molecule has 0 fully saturated rings. The van der Waals surface area contributed by atoms with Crippen molar-refractivity contribution in [3.8, 4) is 0 Å². The Morgan fingerprint density at radius 1 is 1.20 bits per heavy atom. The molecule has 134 valence electrons. The molecule has 0 aliphatic heterocycles. The van der Waals surface area contributed by atoms with Gasteiger partial charge in [0, 0.05) is 30.1 Å². The summed E-state index contributed by atoms with van der Waals surface area (Å²) in [6.45, 7) is 0.168. The van der Waals surface area contributed by atoms with Crippen molar-refractivity contribution in [2.24, 2.45) is 0 Å². The largest absolute Gasteiger partial charge is 0.414 e. The SMILES string of the molecule is O=C(CCn1ccccc1=O)Nc1ccccc1SC(Cl)C(F)(F)F. The van der Waals surface area contributed by atoms with Crippen LogP contribution in [-0.4, -0.2) is 21.4 Å². The lowest BCUT2D eigenvalue weighted by Crippen LogP contribution is -2.22. The molecule has 1 heterocycles. The quantitative estimate of drug-likeness (QED) is 0.597. The number of hydrogen-bond acceptors (Lipinski definition) is 3. The lowest BCUT2D eigenvalue weighted by molar-refractivity contribution is -0.116. The van der Waals surface area contributed by atoms with Crippen molar-refractivity contribution < 1.29 is 18.0 Å². The number of anilines is 1. The molecule has 1 atom stereocenters. The van der Waals surface area contributed by atoms with Gasteiger partial charge in [-0.05, 0) is 18.2 Å². The van der Waals surface area contributed by atoms with Crippen LogP contribution in [-0.2, 0) is 11.3 Å². The second-order valence-corrected chi connectivity index (χ2v) is 6.84. The number of benzene rings is 1. The van der Waals surface area contributed by atoms with Crippen molar-refractivity contribution in [2.45, 2.75) is 28.7 Å². The molecular weight excluding hydrogens is 377 g/mol. The molecule has 0 aliphatic carbocycles. The number of halogens is 4. The summed E-state index contributed by atoms with van der Waals surface area (Å²) in [7, 11) is 0. The highest BCUT2D eigenvalue weighted by Gasteiger charge is 2.39. The molecule has 1 N–H and O–H groups in total. The topological polar surface area (TPSA) is 51.1 Å². The number of carbonyl (C=O) groups is 1. The Bertz CT molecular complexity index is 795. The molecule has 0 saturated carbocycles. The third kappa shape index (κ3) is 5.82. The zero-order valence-electron chi connectivity index (χ0n) is 12.8. The summed E-state index contributed by atoms with van der Waals surface area (Å²) in [6.07, 6.45) is -2.99. The smallest absolute Gasteiger partial charge is 0.325 e. The maximum absolute atomic E-state index is 12.6. The molecule has 9 heteroatoms. The van der Waals surface area contributed by atoms with Gasteiger partial charge in [0.05, 0.1) is 5.69 Å². The number of hydrogen-bond donors (Lipinski definition) is 1. The van der Waals surface area contributed by atoms with Gasteiger partial charge in [-0.1, -0.05) is 30.0 Å². The Hall–Kier alpha value is -1.93. The highest BCUT2D eigenvalue weighted by molar-refractivity contribution is 8.01. The van der Waals surface area contributed by atoms with Gasteiger partial charge < -0.3 is 9.88 Å². The Kier molecular flexibility index (Phi) is 6.55. The van der Waals surface area contributed by atoms with E-state index in [1.807, 2.05) is 0 Å². The van der Waals surface area contributed by atoms with E-state index in [0.717, 1.165) is 0 Å². The summed E-state index contributed by atoms with van der Waals surface area (Å²) in [5, 5.41) is 2.56. The Balaban J connectivity index is 2.01. The summed E-state index contributed by atoms with van der Waals surface area (Å²) < 4.78 is 37.1. The predicted molar refractivity (Wildman–Crippen MR) is 91.9 cm³/mol. The molecule has 25 heavy (non-hydrogen) atoms. The van der Waals surface area contributed by atoms with Gasteiger partial charge in [0.25, 0.3) is 5.56 Å². The van der Waals surface area contributed by atoms with Crippen LogP contribution in [0, 0.1) is 0 Å². The fourth-order valence-corrected chi connectivity index (χ4v) is 2.98. The Labute approximate surface area is 151 Å². The first-order valence-corrected chi connectivity index (χ1v) is 8.51. The summed E-state index contributed by atoms with van der Waals surface area (Å²) in [5.41, 5.74) is 0.00854. The molecule has 2 rings (SSSR count). The molecule has 0 spiro atoms. The van der Waals surface area contributed by atoms with Gasteiger partial charge in [-0.15, -0.1) is 11.6 Å². The average molecular weight is 391 g/mol. The molecule has 0 saturated heterocycles. The second kappa shape index (κ2) is 8.44. The summed E-state index contributed by atoms with van der Waals surface area (Å²) in [4.78, 5) is 23.8. The molecule has 1 amide bonds. The van der Waals surface area contributed by atoms with E-state index in [1.165, 1.54) is 22.8 Å². The van der Waals surface area contributed by atoms with Crippen molar-refractivity contribution in [1.29, 1.82) is 0 Å². The van der Waals surface area contributed by atoms with Gasteiger partial charge in [0.2, 0.25) is 5.91 Å². The van der Waals surface area contributed by atoms with E-state index in [-0.39, 0.29) is 29.1 Å². The summed E-state index contributed by atoms with van der Waals surface area (Å²) >= 11 is 5.75. The third-order valence-electron chi connectivity index (χ3n) is 3.13. The summed E-state index contributed by atoms with van der Waals surface area (Å²) in [6, 6.07) is 10.7. The van der Waals surface area contributed by atoms with Crippen LogP contribution in [0.2, 0.25) is 0 Å². The number of amides is 1. The molecule has 1 aromatic heterocycles. The van der Waals surface area contributed by atoms with Crippen LogP contribution in [0.5, 0.6) is 0 Å². The fourth-order valence-electron chi connectivity index (χ4n) is 1.93. The first-order chi connectivity index (χ1) is 11.8. The number of para-hydroxylation sites is 1. The van der Waals surface area contributed by atoms with E-state index in [0.29, 0.717) is 11.8 Å². The molecule has 0 aliphatic rings. The number of carbonyl (C=O) groups excluding carboxylic acids is 1. The molecule has 2 aromatic rings. The minimum atomic E-state index is -4.56. The molecule has 0 radical (unpaired) electrons. The van der Waals surface area contributed by atoms with E-state index < -0.39 is 16.8 Å². The highest BCUT2D eigenvalue weighted by atomic mass is 35.5. The number of alkyl halides is 4. The number of nitrogens with zero attached hydrogens (tertiary/aromatic N) is 1. The van der Waals surface area contributed by atoms with Gasteiger partial charge in [0.15, 0.2) is 4.71 Å². The first-order valence-electron chi connectivity index (χ1n) is 7.19. The Morgan fingerprint density at radius 3 is 2.56 bits per heavy atom. The average Bonchev–Trinajstić information content (AvgIpc) is 2.55. The normalized spacial score (nSPS) is 12.6. The van der Waals surface area contributed by atoms with Crippen LogP contribution >= 0.6 is 23.4 Å². The maximum Gasteiger partial charge on any atom is 0.414 e. The van der Waals surface area contributed by atoms with Crippen molar-refractivity contribution in [1.82, 2.24) is 4.57 Å². The minimum absolute atomic E-state index is 0.00644. The van der Waals surface area contributed by atoms with Gasteiger partial charge in [-0.2, -0.15) is 13.2 Å². The number of pyridine rings is 1. The Morgan fingerprint density at radius 2 is 1.88 bits per heavy atom. The fraction of sp³-hybridized carbons (Fsp3) is 0.250. The number of thioether (sulfide) groups is 1. The van der Waals surface area contributed by atoms with Crippen molar-refractivity contribution >= 4 is 35.0 Å². The minimum Gasteiger partial charge on any atom is -0.325 e. The van der Waals surface area contributed by atoms with Gasteiger partial charge in [-0.3, -0.25) is 9.59 Å². The predicted octanol–water partition coefficient (Wildman–Crippen LogP) is 4.10. The lowest BCUT2D eigenvalue weighted by atomic mass is 10.3. The van der Waals surface area contributed by atoms with Crippen molar-refractivity contribution in [3.63, 3.8) is 0 Å². The highest BCUT2D eigenvalue weighted by Crippen LogP contribution is 2.40. The monoisotopic (exact) mass is 390 g/mol. The maximum atomic E-state index is 12.6. The number of rotatable bonds is 6. The first kappa shape index (κ1) is 19.4. The van der Waals surface area contributed by atoms with Crippen molar-refractivity contribution in [2.75, 3.05) is 5.32 Å². The molecule has 1 aromatic carbocycles. The molecule has 1 unspecified atom stereocenters. The van der Waals surface area contributed by atoms with E-state index in [2.05, 4.69) is 5.32 Å². The van der Waals surface area contributed by atoms with E-state index in [9.17, 15) is 22.8 Å². The lowest BCUT2D eigenvalue weighted by Gasteiger charge is -2.16. The zero-order valence-corrected chi connectivity index (χ0v) is 14.4. The van der Waals surface area contributed by atoms with Crippen LogP contribution in [0.25, 0.3) is 0 Å². The molecule has 0 bridgehead atoms.